The fourth-order valence-corrected chi connectivity index (χ4v) is 1.14. The molecule has 1 N–H and O–H groups in total. The highest BCUT2D eigenvalue weighted by Gasteiger charge is 2.14. The Morgan fingerprint density at radius 1 is 1.36 bits per heavy atom. The fraction of sp³-hybridized carbons (Fsp3) is 0.545. The van der Waals surface area contributed by atoms with Gasteiger partial charge >= 0.3 is 0 Å². The number of nitrogens with one attached hydrogen (secondary N) is 1. The molecule has 1 amide bonds. The van der Waals surface area contributed by atoms with Crippen molar-refractivity contribution in [3.05, 3.63) is 23.7 Å². The van der Waals surface area contributed by atoms with E-state index >= 15 is 0 Å². The van der Waals surface area contributed by atoms with Crippen molar-refractivity contribution in [3.63, 3.8) is 0 Å². The van der Waals surface area contributed by atoms with E-state index in [1.807, 2.05) is 39.8 Å². The average Bonchev–Trinajstić information content (AvgIpc) is 2.51. The topological polar surface area (TPSA) is 42.2 Å². The van der Waals surface area contributed by atoms with Crippen molar-refractivity contribution < 1.29 is 9.21 Å². The minimum absolute atomic E-state index is 0.00788. The molecule has 0 bridgehead atoms. The quantitative estimate of drug-likeness (QED) is 0.804. The molecule has 3 nitrogen and oxygen atoms in total. The van der Waals surface area contributed by atoms with Gasteiger partial charge in [-0.05, 0) is 26.0 Å². The largest absolute Gasteiger partial charge is 0.464 e. The molecule has 1 rings (SSSR count). The highest BCUT2D eigenvalue weighted by atomic mass is 16.3. The molecule has 0 saturated heterocycles. The van der Waals surface area contributed by atoms with Crippen LogP contribution in [0.1, 0.15) is 38.3 Å². The SMILES string of the molecule is Cc1ccc(C(C)NC(=O)C(C)C)o1. The molecule has 3 heteroatoms. The smallest absolute Gasteiger partial charge is 0.223 e. The van der Waals surface area contributed by atoms with Crippen LogP contribution in [0.4, 0.5) is 0 Å². The van der Waals surface area contributed by atoms with Crippen molar-refractivity contribution in [1.82, 2.24) is 5.32 Å². The van der Waals surface area contributed by atoms with Gasteiger partial charge in [0.2, 0.25) is 5.91 Å². The number of hydrogen-bond donors (Lipinski definition) is 1. The van der Waals surface area contributed by atoms with E-state index in [0.29, 0.717) is 0 Å². The molecule has 0 saturated carbocycles. The van der Waals surface area contributed by atoms with Crippen molar-refractivity contribution in [2.24, 2.45) is 5.92 Å². The second-order valence-corrected chi connectivity index (χ2v) is 3.83. The van der Waals surface area contributed by atoms with Crippen LogP contribution in [0.5, 0.6) is 0 Å². The molecule has 1 aromatic heterocycles. The minimum Gasteiger partial charge on any atom is -0.464 e. The zero-order valence-electron chi connectivity index (χ0n) is 9.13. The molecular formula is C11H17NO2. The average molecular weight is 195 g/mol. The van der Waals surface area contributed by atoms with E-state index in [1.54, 1.807) is 0 Å². The number of furan rings is 1. The van der Waals surface area contributed by atoms with Gasteiger partial charge in [0.1, 0.15) is 11.5 Å². The molecule has 0 radical (unpaired) electrons. The molecule has 0 aliphatic heterocycles. The lowest BCUT2D eigenvalue weighted by atomic mass is 10.2. The van der Waals surface area contributed by atoms with Gasteiger partial charge in [0.25, 0.3) is 0 Å². The molecule has 0 aromatic carbocycles. The van der Waals surface area contributed by atoms with Crippen LogP contribution in [0.25, 0.3) is 0 Å². The van der Waals surface area contributed by atoms with Gasteiger partial charge in [-0.2, -0.15) is 0 Å². The Hall–Kier alpha value is -1.25. The number of amides is 1. The zero-order chi connectivity index (χ0) is 10.7. The highest BCUT2D eigenvalue weighted by molar-refractivity contribution is 5.78. The molecule has 1 aromatic rings. The molecular weight excluding hydrogens is 178 g/mol. The lowest BCUT2D eigenvalue weighted by Crippen LogP contribution is -2.30. The number of rotatable bonds is 3. The second kappa shape index (κ2) is 4.31. The van der Waals surface area contributed by atoms with E-state index in [-0.39, 0.29) is 17.9 Å². The highest BCUT2D eigenvalue weighted by Crippen LogP contribution is 2.15. The summed E-state index contributed by atoms with van der Waals surface area (Å²) in [5.41, 5.74) is 0. The molecule has 0 aliphatic rings. The molecule has 14 heavy (non-hydrogen) atoms. The molecule has 0 fully saturated rings. The van der Waals surface area contributed by atoms with Gasteiger partial charge in [0, 0.05) is 5.92 Å². The normalized spacial score (nSPS) is 12.9. The maximum Gasteiger partial charge on any atom is 0.223 e. The summed E-state index contributed by atoms with van der Waals surface area (Å²) in [5.74, 6) is 1.72. The van der Waals surface area contributed by atoms with Gasteiger partial charge in [0.05, 0.1) is 6.04 Å². The Kier molecular flexibility index (Phi) is 3.33. The second-order valence-electron chi connectivity index (χ2n) is 3.83. The Labute approximate surface area is 84.5 Å². The van der Waals surface area contributed by atoms with Gasteiger partial charge in [-0.3, -0.25) is 4.79 Å². The molecule has 0 aliphatic carbocycles. The van der Waals surface area contributed by atoms with Crippen LogP contribution >= 0.6 is 0 Å². The standard InChI is InChI=1S/C11H17NO2/c1-7(2)11(13)12-9(4)10-6-5-8(3)14-10/h5-7,9H,1-4H3,(H,12,13). The van der Waals surface area contributed by atoms with Gasteiger partial charge < -0.3 is 9.73 Å². The Morgan fingerprint density at radius 2 is 2.00 bits per heavy atom. The first kappa shape index (κ1) is 10.8. The van der Waals surface area contributed by atoms with E-state index < -0.39 is 0 Å². The summed E-state index contributed by atoms with van der Waals surface area (Å²) in [6.07, 6.45) is 0. The molecule has 1 atom stereocenters. The van der Waals surface area contributed by atoms with Gasteiger partial charge in [-0.1, -0.05) is 13.8 Å². The van der Waals surface area contributed by atoms with Crippen LogP contribution in [-0.2, 0) is 4.79 Å². The third-order valence-electron chi connectivity index (χ3n) is 2.07. The van der Waals surface area contributed by atoms with E-state index in [0.717, 1.165) is 11.5 Å². The lowest BCUT2D eigenvalue weighted by molar-refractivity contribution is -0.124. The number of aryl methyl sites for hydroxylation is 1. The van der Waals surface area contributed by atoms with E-state index in [4.69, 9.17) is 4.42 Å². The van der Waals surface area contributed by atoms with Crippen molar-refractivity contribution in [1.29, 1.82) is 0 Å². The van der Waals surface area contributed by atoms with Gasteiger partial charge in [-0.15, -0.1) is 0 Å². The monoisotopic (exact) mass is 195 g/mol. The Bertz CT molecular complexity index is 315. The summed E-state index contributed by atoms with van der Waals surface area (Å²) in [5, 5.41) is 2.88. The summed E-state index contributed by atoms with van der Waals surface area (Å²) >= 11 is 0. The van der Waals surface area contributed by atoms with Crippen LogP contribution in [-0.4, -0.2) is 5.91 Å². The third kappa shape index (κ3) is 2.62. The summed E-state index contributed by atoms with van der Waals surface area (Å²) in [7, 11) is 0. The van der Waals surface area contributed by atoms with Crippen LogP contribution in [0.2, 0.25) is 0 Å². The van der Waals surface area contributed by atoms with Crippen molar-refractivity contribution in [2.75, 3.05) is 0 Å². The summed E-state index contributed by atoms with van der Waals surface area (Å²) < 4.78 is 5.41. The fourth-order valence-electron chi connectivity index (χ4n) is 1.14. The zero-order valence-corrected chi connectivity index (χ0v) is 9.13. The molecule has 78 valence electrons. The predicted molar refractivity (Wildman–Crippen MR) is 54.8 cm³/mol. The summed E-state index contributed by atoms with van der Waals surface area (Å²) in [4.78, 5) is 11.4. The maximum atomic E-state index is 11.4. The Balaban J connectivity index is 2.59. The maximum absolute atomic E-state index is 11.4. The van der Waals surface area contributed by atoms with E-state index in [2.05, 4.69) is 5.32 Å². The predicted octanol–water partition coefficient (Wildman–Crippen LogP) is 2.42. The molecule has 1 unspecified atom stereocenters. The third-order valence-corrected chi connectivity index (χ3v) is 2.07. The first-order valence-corrected chi connectivity index (χ1v) is 4.87. The van der Waals surface area contributed by atoms with E-state index in [9.17, 15) is 4.79 Å². The number of hydrogen-bond acceptors (Lipinski definition) is 2. The van der Waals surface area contributed by atoms with Gasteiger partial charge in [0.15, 0.2) is 0 Å². The first-order chi connectivity index (χ1) is 6.50. The van der Waals surface area contributed by atoms with Crippen LogP contribution in [0.3, 0.4) is 0 Å². The Morgan fingerprint density at radius 3 is 2.43 bits per heavy atom. The number of carbonyl (C=O) groups is 1. The number of carbonyl (C=O) groups excluding carboxylic acids is 1. The van der Waals surface area contributed by atoms with Crippen molar-refractivity contribution in [3.8, 4) is 0 Å². The van der Waals surface area contributed by atoms with Crippen LogP contribution in [0, 0.1) is 12.8 Å². The van der Waals surface area contributed by atoms with E-state index in [1.165, 1.54) is 0 Å². The molecule has 1 heterocycles. The van der Waals surface area contributed by atoms with Gasteiger partial charge in [-0.25, -0.2) is 0 Å². The van der Waals surface area contributed by atoms with Crippen LogP contribution < -0.4 is 5.32 Å². The first-order valence-electron chi connectivity index (χ1n) is 4.87. The summed E-state index contributed by atoms with van der Waals surface area (Å²) in [6, 6.07) is 3.73. The minimum atomic E-state index is -0.0569. The van der Waals surface area contributed by atoms with Crippen molar-refractivity contribution >= 4 is 5.91 Å². The van der Waals surface area contributed by atoms with Crippen LogP contribution in [0.15, 0.2) is 16.5 Å². The summed E-state index contributed by atoms with van der Waals surface area (Å²) in [6.45, 7) is 7.55. The van der Waals surface area contributed by atoms with Crippen molar-refractivity contribution in [2.45, 2.75) is 33.7 Å². The lowest BCUT2D eigenvalue weighted by Gasteiger charge is -2.13. The molecule has 0 spiro atoms.